The van der Waals surface area contributed by atoms with Crippen molar-refractivity contribution < 1.29 is 0 Å². The average molecular weight is 429 g/mol. The molecule has 0 aliphatic heterocycles. The SMILES string of the molecule is c1ccc2c(-c3ccc4ccc5cccc6ccc3c4c56)c3c(ccc4ccccc43)cc2c1. The van der Waals surface area contributed by atoms with Crippen molar-refractivity contribution in [1.82, 2.24) is 0 Å². The Morgan fingerprint density at radius 2 is 0.882 bits per heavy atom. The molecule has 0 radical (unpaired) electrons. The van der Waals surface area contributed by atoms with Crippen molar-refractivity contribution in [2.75, 3.05) is 0 Å². The lowest BCUT2D eigenvalue weighted by Crippen LogP contribution is -1.91. The van der Waals surface area contributed by atoms with Gasteiger partial charge in [0.2, 0.25) is 0 Å². The first kappa shape index (κ1) is 18.1. The summed E-state index contributed by atoms with van der Waals surface area (Å²) in [6, 6.07) is 44.9. The van der Waals surface area contributed by atoms with E-state index in [1.165, 1.54) is 75.8 Å². The highest BCUT2D eigenvalue weighted by atomic mass is 14.2. The zero-order valence-electron chi connectivity index (χ0n) is 18.5. The van der Waals surface area contributed by atoms with E-state index in [0.717, 1.165) is 0 Å². The zero-order chi connectivity index (χ0) is 22.2. The Labute approximate surface area is 197 Å². The van der Waals surface area contributed by atoms with E-state index in [1.807, 2.05) is 0 Å². The number of rotatable bonds is 1. The number of hydrogen-bond donors (Lipinski definition) is 0. The standard InChI is InChI=1S/C34H20/c1-3-10-27-21(6-1)12-15-26-20-25-7-2-4-11-28(25)34(33(26)27)30-19-17-24-14-13-22-8-5-9-23-16-18-29(30)32(24)31(22)23/h1-20H. The maximum absolute atomic E-state index is 2.34. The summed E-state index contributed by atoms with van der Waals surface area (Å²) in [5, 5.41) is 15.8. The number of benzene rings is 8. The van der Waals surface area contributed by atoms with Gasteiger partial charge in [0.1, 0.15) is 0 Å². The van der Waals surface area contributed by atoms with E-state index in [4.69, 9.17) is 0 Å². The summed E-state index contributed by atoms with van der Waals surface area (Å²) in [6.07, 6.45) is 0. The van der Waals surface area contributed by atoms with Crippen LogP contribution in [-0.2, 0) is 0 Å². The highest BCUT2D eigenvalue weighted by Gasteiger charge is 2.17. The molecule has 0 saturated carbocycles. The van der Waals surface area contributed by atoms with Crippen LogP contribution in [-0.4, -0.2) is 0 Å². The van der Waals surface area contributed by atoms with E-state index in [0.29, 0.717) is 0 Å². The molecule has 0 unspecified atom stereocenters. The van der Waals surface area contributed by atoms with Crippen LogP contribution in [0.15, 0.2) is 121 Å². The molecule has 34 heavy (non-hydrogen) atoms. The summed E-state index contributed by atoms with van der Waals surface area (Å²) in [5.74, 6) is 0. The first-order valence-corrected chi connectivity index (χ1v) is 11.9. The fraction of sp³-hybridized carbons (Fsp3) is 0. The molecule has 0 aliphatic carbocycles. The van der Waals surface area contributed by atoms with Crippen LogP contribution in [0.25, 0.3) is 75.8 Å². The summed E-state index contributed by atoms with van der Waals surface area (Å²) in [4.78, 5) is 0. The Morgan fingerprint density at radius 3 is 1.74 bits per heavy atom. The highest BCUT2D eigenvalue weighted by Crippen LogP contribution is 2.45. The minimum Gasteiger partial charge on any atom is -0.0616 e. The molecular weight excluding hydrogens is 408 g/mol. The molecular formula is C34H20. The predicted molar refractivity (Wildman–Crippen MR) is 148 cm³/mol. The fourth-order valence-corrected chi connectivity index (χ4v) is 6.07. The normalized spacial score (nSPS) is 12.1. The molecule has 0 atom stereocenters. The topological polar surface area (TPSA) is 0 Å². The molecule has 0 spiro atoms. The summed E-state index contributed by atoms with van der Waals surface area (Å²) in [5.41, 5.74) is 2.65. The van der Waals surface area contributed by atoms with Crippen molar-refractivity contribution >= 4 is 64.6 Å². The van der Waals surface area contributed by atoms with E-state index in [1.54, 1.807) is 0 Å². The third-order valence-corrected chi connectivity index (χ3v) is 7.55. The number of hydrogen-bond acceptors (Lipinski definition) is 0. The molecule has 0 amide bonds. The lowest BCUT2D eigenvalue weighted by Gasteiger charge is -2.18. The van der Waals surface area contributed by atoms with Gasteiger partial charge in [-0.05, 0) is 81.8 Å². The van der Waals surface area contributed by atoms with Crippen LogP contribution in [0.2, 0.25) is 0 Å². The molecule has 0 aliphatic rings. The van der Waals surface area contributed by atoms with Gasteiger partial charge in [-0.3, -0.25) is 0 Å². The van der Waals surface area contributed by atoms with Crippen LogP contribution in [0.3, 0.4) is 0 Å². The molecule has 0 aromatic heterocycles. The van der Waals surface area contributed by atoms with Crippen molar-refractivity contribution in [3.63, 3.8) is 0 Å². The molecule has 0 fully saturated rings. The first-order valence-electron chi connectivity index (χ1n) is 11.9. The summed E-state index contributed by atoms with van der Waals surface area (Å²) < 4.78 is 0. The van der Waals surface area contributed by atoms with Crippen molar-refractivity contribution in [2.24, 2.45) is 0 Å². The second kappa shape index (κ2) is 6.56. The van der Waals surface area contributed by atoms with Gasteiger partial charge in [-0.1, -0.05) is 115 Å². The molecule has 0 nitrogen and oxygen atoms in total. The van der Waals surface area contributed by atoms with Crippen LogP contribution in [0.1, 0.15) is 0 Å². The maximum Gasteiger partial charge on any atom is -0.00143 e. The van der Waals surface area contributed by atoms with Gasteiger partial charge < -0.3 is 0 Å². The molecule has 8 rings (SSSR count). The molecule has 0 saturated heterocycles. The molecule has 0 heterocycles. The van der Waals surface area contributed by atoms with Crippen LogP contribution in [0.4, 0.5) is 0 Å². The van der Waals surface area contributed by atoms with Crippen LogP contribution >= 0.6 is 0 Å². The van der Waals surface area contributed by atoms with Crippen LogP contribution in [0, 0.1) is 0 Å². The Balaban J connectivity index is 1.65. The van der Waals surface area contributed by atoms with Gasteiger partial charge >= 0.3 is 0 Å². The third-order valence-electron chi connectivity index (χ3n) is 7.55. The van der Waals surface area contributed by atoms with Crippen molar-refractivity contribution in [3.8, 4) is 11.1 Å². The van der Waals surface area contributed by atoms with Crippen LogP contribution in [0.5, 0.6) is 0 Å². The van der Waals surface area contributed by atoms with Gasteiger partial charge in [0.15, 0.2) is 0 Å². The van der Waals surface area contributed by atoms with Gasteiger partial charge in [0.05, 0.1) is 0 Å². The third kappa shape index (κ3) is 2.32. The fourth-order valence-electron chi connectivity index (χ4n) is 6.07. The van der Waals surface area contributed by atoms with E-state index in [-0.39, 0.29) is 0 Å². The highest BCUT2D eigenvalue weighted by molar-refractivity contribution is 6.29. The summed E-state index contributed by atoms with van der Waals surface area (Å²) in [7, 11) is 0. The lowest BCUT2D eigenvalue weighted by atomic mass is 9.85. The predicted octanol–water partition coefficient (Wildman–Crippen LogP) is 9.71. The van der Waals surface area contributed by atoms with Gasteiger partial charge in [-0.25, -0.2) is 0 Å². The molecule has 0 heteroatoms. The van der Waals surface area contributed by atoms with E-state index >= 15 is 0 Å². The molecule has 156 valence electrons. The summed E-state index contributed by atoms with van der Waals surface area (Å²) in [6.45, 7) is 0. The van der Waals surface area contributed by atoms with Gasteiger partial charge in [-0.15, -0.1) is 0 Å². The Hall–Kier alpha value is -4.42. The van der Waals surface area contributed by atoms with Gasteiger partial charge in [0, 0.05) is 0 Å². The van der Waals surface area contributed by atoms with E-state index in [2.05, 4.69) is 121 Å². The molecule has 8 aromatic rings. The molecule has 8 aromatic carbocycles. The monoisotopic (exact) mass is 428 g/mol. The minimum atomic E-state index is 1.28. The number of fused-ring (bicyclic) bond motifs is 4. The van der Waals surface area contributed by atoms with Crippen LogP contribution < -0.4 is 0 Å². The lowest BCUT2D eigenvalue weighted by molar-refractivity contribution is 1.73. The first-order chi connectivity index (χ1) is 16.9. The summed E-state index contributed by atoms with van der Waals surface area (Å²) >= 11 is 0. The van der Waals surface area contributed by atoms with E-state index < -0.39 is 0 Å². The van der Waals surface area contributed by atoms with Crippen molar-refractivity contribution in [3.05, 3.63) is 121 Å². The Kier molecular flexibility index (Phi) is 3.48. The maximum atomic E-state index is 2.34. The van der Waals surface area contributed by atoms with E-state index in [9.17, 15) is 0 Å². The minimum absolute atomic E-state index is 1.28. The molecule has 0 N–H and O–H groups in total. The van der Waals surface area contributed by atoms with Gasteiger partial charge in [0.25, 0.3) is 0 Å². The molecule has 0 bridgehead atoms. The second-order valence-corrected chi connectivity index (χ2v) is 9.33. The van der Waals surface area contributed by atoms with Crippen molar-refractivity contribution in [1.29, 1.82) is 0 Å². The largest absolute Gasteiger partial charge is 0.0616 e. The van der Waals surface area contributed by atoms with Crippen molar-refractivity contribution in [2.45, 2.75) is 0 Å². The average Bonchev–Trinajstić information content (AvgIpc) is 2.90. The second-order valence-electron chi connectivity index (χ2n) is 9.33. The Morgan fingerprint density at radius 1 is 0.294 bits per heavy atom. The Bertz CT molecular complexity index is 2040. The quantitative estimate of drug-likeness (QED) is 0.180. The smallest absolute Gasteiger partial charge is 0.00143 e. The zero-order valence-corrected chi connectivity index (χ0v) is 18.5. The van der Waals surface area contributed by atoms with Gasteiger partial charge in [-0.2, -0.15) is 0 Å².